The normalized spacial score (nSPS) is 13.5. The summed E-state index contributed by atoms with van der Waals surface area (Å²) < 4.78 is 9.53. The Balaban J connectivity index is 0.000000141. The molecule has 5 heteroatoms. The quantitative estimate of drug-likeness (QED) is 0.0986. The van der Waals surface area contributed by atoms with Crippen LogP contribution < -0.4 is 13.5 Å². The number of rotatable bonds is 2. The number of benzene rings is 6. The molecule has 0 unspecified atom stereocenters. The van der Waals surface area contributed by atoms with Crippen molar-refractivity contribution in [2.75, 3.05) is 0 Å². The van der Waals surface area contributed by atoms with Gasteiger partial charge in [0.25, 0.3) is 6.33 Å². The minimum atomic E-state index is -1.90. The van der Waals surface area contributed by atoms with Gasteiger partial charge in [0.15, 0.2) is 0 Å². The largest absolute Gasteiger partial charge is 4.00 e. The molecule has 0 fully saturated rings. The van der Waals surface area contributed by atoms with Crippen LogP contribution in [0.4, 0.5) is 0 Å². The van der Waals surface area contributed by atoms with E-state index in [9.17, 15) is 0 Å². The maximum absolute atomic E-state index is 3.51. The van der Waals surface area contributed by atoms with Gasteiger partial charge in [0.1, 0.15) is 0 Å². The smallest absolute Gasteiger partial charge is 0.315 e. The summed E-state index contributed by atoms with van der Waals surface area (Å²) in [5, 5.41) is 2.63. The summed E-state index contributed by atoms with van der Waals surface area (Å²) >= 11 is -1.90. The Hall–Kier alpha value is -4.20. The van der Waals surface area contributed by atoms with Crippen LogP contribution in [0.1, 0.15) is 5.56 Å². The first kappa shape index (κ1) is 29.5. The third-order valence-corrected chi connectivity index (χ3v) is 14.5. The van der Waals surface area contributed by atoms with Gasteiger partial charge in [-0.2, -0.15) is 30.3 Å². The van der Waals surface area contributed by atoms with Gasteiger partial charge < -0.3 is 4.57 Å². The van der Waals surface area contributed by atoms with Crippen LogP contribution in [0.2, 0.25) is 11.6 Å². The van der Waals surface area contributed by atoms with E-state index < -0.39 is 12.8 Å². The zero-order chi connectivity index (χ0) is 29.8. The zero-order valence-electron chi connectivity index (χ0n) is 25.2. The van der Waals surface area contributed by atoms with Gasteiger partial charge in [-0.3, -0.25) is 4.57 Å². The molecule has 3 nitrogen and oxygen atoms in total. The van der Waals surface area contributed by atoms with E-state index in [2.05, 4.69) is 148 Å². The zero-order valence-corrected chi connectivity index (χ0v) is 29.2. The molecular weight excluding hydrogens is 796 g/mol. The van der Waals surface area contributed by atoms with Crippen LogP contribution in [0.15, 0.2) is 127 Å². The monoisotopic (exact) mass is 827 g/mol. The van der Waals surface area contributed by atoms with E-state index in [-0.39, 0.29) is 21.1 Å². The summed E-state index contributed by atoms with van der Waals surface area (Å²) in [7, 11) is 0. The topological polar surface area (TPSA) is 13.7 Å². The Morgan fingerprint density at radius 3 is 2.18 bits per heavy atom. The van der Waals surface area contributed by atoms with Gasteiger partial charge in [0, 0.05) is 0 Å². The molecule has 9 rings (SSSR count). The molecule has 0 bridgehead atoms. The van der Waals surface area contributed by atoms with Crippen molar-refractivity contribution in [2.24, 2.45) is 0 Å². The van der Waals surface area contributed by atoms with E-state index in [1.54, 1.807) is 0 Å². The van der Waals surface area contributed by atoms with E-state index in [0.29, 0.717) is 0 Å². The van der Waals surface area contributed by atoms with Crippen molar-refractivity contribution in [3.8, 4) is 17.1 Å². The Bertz CT molecular complexity index is 2310. The summed E-state index contributed by atoms with van der Waals surface area (Å²) in [5.74, 6) is 4.92. The van der Waals surface area contributed by atoms with Gasteiger partial charge in [-0.1, -0.05) is 42.0 Å². The number of fused-ring (bicyclic) bond motifs is 6. The number of aryl methyl sites for hydroxylation is 1. The van der Waals surface area contributed by atoms with Crippen LogP contribution in [-0.4, -0.2) is 22.0 Å². The molecule has 0 saturated carbocycles. The summed E-state index contributed by atoms with van der Waals surface area (Å²) in [6.07, 6.45) is 3.44. The van der Waals surface area contributed by atoms with Crippen LogP contribution >= 0.6 is 0 Å². The molecule has 0 saturated heterocycles. The van der Waals surface area contributed by atoms with Gasteiger partial charge in [0.2, 0.25) is 0 Å². The van der Waals surface area contributed by atoms with Crippen molar-refractivity contribution in [3.05, 3.63) is 157 Å². The summed E-state index contributed by atoms with van der Waals surface area (Å²) in [6.45, 7) is 2.10. The SMILES string of the molecule is C[Se]1(C)c2ccc[c-]c2-n2c3[c-]cccc3c3cccc1c32.Cc1ccc(-[n+]2[c-]n(-c3[c-]cccc3)c3ccccc32)cc1.[Pt+4]. The Morgan fingerprint density at radius 2 is 1.36 bits per heavy atom. The molecule has 0 spiro atoms. The summed E-state index contributed by atoms with van der Waals surface area (Å²) in [5.41, 5.74) is 9.37. The number of nitrogens with zero attached hydrogens (tertiary/aromatic N) is 3. The molecule has 8 aromatic rings. The molecule has 0 atom stereocenters. The fraction of sp³-hybridized carbons (Fsp3) is 0.0750. The summed E-state index contributed by atoms with van der Waals surface area (Å²) in [6, 6.07) is 54.5. The van der Waals surface area contributed by atoms with Crippen LogP contribution in [0.5, 0.6) is 0 Å². The molecule has 45 heavy (non-hydrogen) atoms. The first-order chi connectivity index (χ1) is 21.5. The average molecular weight is 827 g/mol. The van der Waals surface area contributed by atoms with Gasteiger partial charge in [-0.15, -0.1) is 0 Å². The molecule has 6 aromatic carbocycles. The van der Waals surface area contributed by atoms with Gasteiger partial charge in [0.05, 0.1) is 16.7 Å². The third-order valence-electron chi connectivity index (χ3n) is 8.48. The molecule has 3 heterocycles. The van der Waals surface area contributed by atoms with Crippen molar-refractivity contribution in [2.45, 2.75) is 18.6 Å². The maximum atomic E-state index is 3.51. The van der Waals surface area contributed by atoms with Gasteiger partial charge >= 0.3 is 153 Å². The van der Waals surface area contributed by atoms with Crippen molar-refractivity contribution >= 4 is 54.6 Å². The Kier molecular flexibility index (Phi) is 7.62. The first-order valence-electron chi connectivity index (χ1n) is 14.7. The van der Waals surface area contributed by atoms with E-state index in [1.807, 2.05) is 36.4 Å². The second-order valence-electron chi connectivity index (χ2n) is 11.5. The molecule has 0 N–H and O–H groups in total. The minimum absolute atomic E-state index is 0. The van der Waals surface area contributed by atoms with E-state index >= 15 is 0 Å². The minimum Gasteiger partial charge on any atom is -0.315 e. The number of hydrogen-bond donors (Lipinski definition) is 0. The van der Waals surface area contributed by atoms with Crippen molar-refractivity contribution in [1.29, 1.82) is 0 Å². The predicted octanol–water partition coefficient (Wildman–Crippen LogP) is 7.33. The molecule has 2 aromatic heterocycles. The predicted molar refractivity (Wildman–Crippen MR) is 182 cm³/mol. The molecule has 220 valence electrons. The van der Waals surface area contributed by atoms with E-state index in [1.165, 1.54) is 42.0 Å². The Labute approximate surface area is 280 Å². The average Bonchev–Trinajstić information content (AvgIpc) is 3.62. The maximum Gasteiger partial charge on any atom is 4.00 e. The second kappa shape index (κ2) is 11.6. The van der Waals surface area contributed by atoms with Gasteiger partial charge in [-0.25, -0.2) is 0 Å². The van der Waals surface area contributed by atoms with Crippen LogP contribution in [0.25, 0.3) is 49.9 Å². The third kappa shape index (κ3) is 4.80. The van der Waals surface area contributed by atoms with Crippen molar-refractivity contribution < 1.29 is 25.6 Å². The second-order valence-corrected chi connectivity index (χ2v) is 18.9. The number of para-hydroxylation sites is 6. The number of hydrogen-bond acceptors (Lipinski definition) is 0. The van der Waals surface area contributed by atoms with Crippen LogP contribution in [0, 0.1) is 31.5 Å². The number of aromatic nitrogens is 3. The molecular formula is C40H30N3PtSe+. The van der Waals surface area contributed by atoms with Gasteiger partial charge in [-0.05, 0) is 24.7 Å². The molecule has 0 aliphatic carbocycles. The van der Waals surface area contributed by atoms with E-state index in [4.69, 9.17) is 0 Å². The summed E-state index contributed by atoms with van der Waals surface area (Å²) in [4.78, 5) is 0. The molecule has 1 aliphatic rings. The molecule has 1 aliphatic heterocycles. The first-order valence-corrected chi connectivity index (χ1v) is 19.8. The standard InChI is InChI=1S/C20H15N2.C20H15NSe.Pt/c1-16-11-13-18(14-12-16)22-15-21(17-7-3-2-4-8-17)19-9-5-6-10-20(19)22;1-22(2)18-12-6-5-11-17(18)21-16-10-4-3-8-14(16)15-9-7-13-19(22)20(15)21;/h2-7,9-14H,1H3;3-9,12-13H,1-2H3;/q-1;-2;+4. The fourth-order valence-corrected chi connectivity index (χ4v) is 11.3. The number of imidazole rings is 1. The fourth-order valence-electron chi connectivity index (χ4n) is 6.31. The van der Waals surface area contributed by atoms with Crippen LogP contribution in [-0.2, 0) is 21.1 Å². The molecule has 0 amide bonds. The van der Waals surface area contributed by atoms with Crippen LogP contribution in [0.3, 0.4) is 0 Å². The Morgan fingerprint density at radius 1 is 0.644 bits per heavy atom. The molecule has 0 radical (unpaired) electrons. The van der Waals surface area contributed by atoms with E-state index in [0.717, 1.165) is 22.4 Å². The van der Waals surface area contributed by atoms with Crippen molar-refractivity contribution in [3.63, 3.8) is 0 Å². The van der Waals surface area contributed by atoms with Crippen molar-refractivity contribution in [1.82, 2.24) is 9.13 Å².